The molecule has 5 rings (SSSR count). The number of amides is 1. The Morgan fingerprint density at radius 1 is 0.973 bits per heavy atom. The van der Waals surface area contributed by atoms with Crippen LogP contribution >= 0.6 is 0 Å². The van der Waals surface area contributed by atoms with Crippen LogP contribution in [0.15, 0.2) is 54.6 Å². The van der Waals surface area contributed by atoms with E-state index in [2.05, 4.69) is 20.9 Å². The Kier molecular flexibility index (Phi) is 8.41. The summed E-state index contributed by atoms with van der Waals surface area (Å²) >= 11 is 0. The van der Waals surface area contributed by atoms with Gasteiger partial charge in [-0.3, -0.25) is 9.59 Å². The Morgan fingerprint density at radius 2 is 1.76 bits per heavy atom. The smallest absolute Gasteiger partial charge is 0.306 e. The van der Waals surface area contributed by atoms with E-state index in [1.54, 1.807) is 0 Å². The van der Waals surface area contributed by atoms with Crippen molar-refractivity contribution in [1.82, 2.24) is 14.8 Å². The molecule has 7 nitrogen and oxygen atoms in total. The van der Waals surface area contributed by atoms with Gasteiger partial charge in [0, 0.05) is 24.9 Å². The molecular formula is C30H37N3O4. The highest BCUT2D eigenvalue weighted by Crippen LogP contribution is 2.34. The first-order valence-electron chi connectivity index (χ1n) is 13.6. The molecule has 2 aliphatic rings. The number of esters is 1. The summed E-state index contributed by atoms with van der Waals surface area (Å²) in [6, 6.07) is 17.9. The van der Waals surface area contributed by atoms with Crippen LogP contribution in [0.1, 0.15) is 54.4 Å². The van der Waals surface area contributed by atoms with Crippen LogP contribution in [0.4, 0.5) is 0 Å². The number of nitrogens with one attached hydrogen (secondary N) is 1. The molecule has 0 saturated carbocycles. The monoisotopic (exact) mass is 503 g/mol. The molecule has 1 saturated heterocycles. The molecule has 0 unspecified atom stereocenters. The lowest BCUT2D eigenvalue weighted by atomic mass is 9.96. The van der Waals surface area contributed by atoms with Crippen molar-refractivity contribution in [3.05, 3.63) is 65.7 Å². The minimum atomic E-state index is -0.124. The molecule has 2 aromatic carbocycles. The number of fused-ring (bicyclic) bond motifs is 3. The van der Waals surface area contributed by atoms with Crippen molar-refractivity contribution in [2.24, 2.45) is 5.92 Å². The summed E-state index contributed by atoms with van der Waals surface area (Å²) in [6.07, 6.45) is 5.42. The second-order valence-electron chi connectivity index (χ2n) is 10.1. The number of rotatable bonds is 10. The number of hydrogen-bond donors (Lipinski definition) is 1. The Bertz CT molecular complexity index is 1200. The number of unbranched alkanes of at least 4 members (excludes halogenated alkanes) is 1. The zero-order chi connectivity index (χ0) is 25.5. The minimum absolute atomic E-state index is 0.0339. The predicted octanol–water partition coefficient (Wildman–Crippen LogP) is 4.78. The Morgan fingerprint density at radius 3 is 2.59 bits per heavy atom. The summed E-state index contributed by atoms with van der Waals surface area (Å²) in [5, 5.41) is 4.17. The number of carbonyl (C=O) groups is 2. The normalized spacial score (nSPS) is 16.2. The molecule has 0 aliphatic carbocycles. The van der Waals surface area contributed by atoms with E-state index < -0.39 is 0 Å². The van der Waals surface area contributed by atoms with Gasteiger partial charge in [-0.2, -0.15) is 0 Å². The first kappa shape index (κ1) is 25.3. The van der Waals surface area contributed by atoms with E-state index in [0.29, 0.717) is 43.5 Å². The quantitative estimate of drug-likeness (QED) is 0.318. The average molecular weight is 504 g/mol. The Labute approximate surface area is 218 Å². The van der Waals surface area contributed by atoms with Crippen LogP contribution in [0.5, 0.6) is 5.88 Å². The summed E-state index contributed by atoms with van der Waals surface area (Å²) in [6.45, 7) is 5.66. The molecule has 3 aromatic rings. The van der Waals surface area contributed by atoms with Crippen LogP contribution in [0.25, 0.3) is 10.9 Å². The number of likely N-dealkylation sites (tertiary alicyclic amines) is 1. The van der Waals surface area contributed by atoms with Gasteiger partial charge in [0.25, 0.3) is 5.91 Å². The molecule has 0 radical (unpaired) electrons. The van der Waals surface area contributed by atoms with Crippen molar-refractivity contribution >= 4 is 22.8 Å². The summed E-state index contributed by atoms with van der Waals surface area (Å²) in [5.41, 5.74) is 2.76. The number of aromatic nitrogens is 1. The largest absolute Gasteiger partial charge is 0.478 e. The third kappa shape index (κ3) is 6.34. The topological polar surface area (TPSA) is 72.8 Å². The molecular weight excluding hydrogens is 466 g/mol. The highest BCUT2D eigenvalue weighted by Gasteiger charge is 2.27. The van der Waals surface area contributed by atoms with Crippen LogP contribution in [-0.2, 0) is 22.7 Å². The SMILES string of the molecule is O=C(CCCCN1CCC(CNC(=O)c2c3n(c4ccccc24)CCCO3)CC1)OCc1ccccc1. The van der Waals surface area contributed by atoms with Gasteiger partial charge in [-0.15, -0.1) is 0 Å². The highest BCUT2D eigenvalue weighted by atomic mass is 16.5. The lowest BCUT2D eigenvalue weighted by Gasteiger charge is -2.32. The fraction of sp³-hybridized carbons (Fsp3) is 0.467. The third-order valence-corrected chi connectivity index (χ3v) is 7.52. The van der Waals surface area contributed by atoms with Gasteiger partial charge in [-0.05, 0) is 69.3 Å². The van der Waals surface area contributed by atoms with Gasteiger partial charge in [0.1, 0.15) is 12.2 Å². The summed E-state index contributed by atoms with van der Waals surface area (Å²) in [7, 11) is 0. The van der Waals surface area contributed by atoms with E-state index in [9.17, 15) is 9.59 Å². The molecule has 1 amide bonds. The molecule has 3 heterocycles. The van der Waals surface area contributed by atoms with E-state index in [4.69, 9.17) is 9.47 Å². The number of piperidine rings is 1. The number of benzene rings is 2. The van der Waals surface area contributed by atoms with Crippen molar-refractivity contribution in [1.29, 1.82) is 0 Å². The van der Waals surface area contributed by atoms with Crippen LogP contribution in [0, 0.1) is 5.92 Å². The maximum Gasteiger partial charge on any atom is 0.306 e. The summed E-state index contributed by atoms with van der Waals surface area (Å²) < 4.78 is 13.4. The van der Waals surface area contributed by atoms with Gasteiger partial charge < -0.3 is 24.3 Å². The minimum Gasteiger partial charge on any atom is -0.478 e. The average Bonchev–Trinajstić information content (AvgIpc) is 3.29. The molecule has 37 heavy (non-hydrogen) atoms. The highest BCUT2D eigenvalue weighted by molar-refractivity contribution is 6.09. The van der Waals surface area contributed by atoms with Crippen LogP contribution in [-0.4, -0.2) is 54.1 Å². The third-order valence-electron chi connectivity index (χ3n) is 7.52. The van der Waals surface area contributed by atoms with Crippen molar-refractivity contribution in [3.8, 4) is 5.88 Å². The second-order valence-corrected chi connectivity index (χ2v) is 10.1. The Balaban J connectivity index is 1.00. The fourth-order valence-electron chi connectivity index (χ4n) is 5.42. The van der Waals surface area contributed by atoms with E-state index in [-0.39, 0.29) is 11.9 Å². The van der Waals surface area contributed by atoms with Gasteiger partial charge in [0.15, 0.2) is 0 Å². The molecule has 1 fully saturated rings. The van der Waals surface area contributed by atoms with Crippen molar-refractivity contribution in [2.45, 2.75) is 51.7 Å². The number of hydrogen-bond acceptors (Lipinski definition) is 5. The van der Waals surface area contributed by atoms with Gasteiger partial charge >= 0.3 is 5.97 Å². The standard InChI is InChI=1S/C30H37N3O4/c34-27(37-22-24-9-2-1-3-10-24)13-6-7-16-32-18-14-23(15-19-32)21-31-29(35)28-25-11-4-5-12-26(25)33-17-8-20-36-30(28)33/h1-5,9-12,23H,6-8,13-22H2,(H,31,35). The first-order valence-corrected chi connectivity index (χ1v) is 13.6. The number of ether oxygens (including phenoxy) is 2. The lowest BCUT2D eigenvalue weighted by molar-refractivity contribution is -0.145. The Hall–Kier alpha value is -3.32. The van der Waals surface area contributed by atoms with Gasteiger partial charge in [-0.25, -0.2) is 0 Å². The lowest BCUT2D eigenvalue weighted by Crippen LogP contribution is -2.39. The van der Waals surface area contributed by atoms with Crippen molar-refractivity contribution in [2.75, 3.05) is 32.8 Å². The zero-order valence-electron chi connectivity index (χ0n) is 21.5. The second kappa shape index (κ2) is 12.3. The molecule has 1 N–H and O–H groups in total. The number of para-hydroxylation sites is 1. The van der Waals surface area contributed by atoms with E-state index in [0.717, 1.165) is 74.7 Å². The fourth-order valence-corrected chi connectivity index (χ4v) is 5.42. The molecule has 0 spiro atoms. The van der Waals surface area contributed by atoms with Crippen LogP contribution in [0.3, 0.4) is 0 Å². The molecule has 196 valence electrons. The maximum absolute atomic E-state index is 13.2. The van der Waals surface area contributed by atoms with Gasteiger partial charge in [0.05, 0.1) is 12.1 Å². The molecule has 2 aliphatic heterocycles. The molecule has 1 aromatic heterocycles. The summed E-state index contributed by atoms with van der Waals surface area (Å²) in [4.78, 5) is 27.7. The number of carbonyl (C=O) groups excluding carboxylic acids is 2. The number of aryl methyl sites for hydroxylation is 1. The predicted molar refractivity (Wildman–Crippen MR) is 144 cm³/mol. The first-order chi connectivity index (χ1) is 18.2. The zero-order valence-corrected chi connectivity index (χ0v) is 21.5. The molecule has 0 atom stereocenters. The maximum atomic E-state index is 13.2. The van der Waals surface area contributed by atoms with Crippen molar-refractivity contribution < 1.29 is 19.1 Å². The molecule has 7 heteroatoms. The van der Waals surface area contributed by atoms with Crippen LogP contribution < -0.4 is 10.1 Å². The van der Waals surface area contributed by atoms with Crippen LogP contribution in [0.2, 0.25) is 0 Å². The molecule has 0 bridgehead atoms. The van der Waals surface area contributed by atoms with Gasteiger partial charge in [-0.1, -0.05) is 48.5 Å². The number of nitrogens with zero attached hydrogens (tertiary/aromatic N) is 2. The summed E-state index contributed by atoms with van der Waals surface area (Å²) in [5.74, 6) is 1.04. The van der Waals surface area contributed by atoms with E-state index in [1.165, 1.54) is 0 Å². The van der Waals surface area contributed by atoms with E-state index >= 15 is 0 Å². The van der Waals surface area contributed by atoms with E-state index in [1.807, 2.05) is 48.5 Å². The van der Waals surface area contributed by atoms with Crippen molar-refractivity contribution in [3.63, 3.8) is 0 Å². The van der Waals surface area contributed by atoms with Gasteiger partial charge in [0.2, 0.25) is 5.88 Å².